The molecule has 0 fully saturated rings. The van der Waals surface area contributed by atoms with Gasteiger partial charge in [0, 0.05) is 6.04 Å². The smallest absolute Gasteiger partial charge is 0.305 e. The molecule has 96 valence electrons. The van der Waals surface area contributed by atoms with Crippen molar-refractivity contribution in [2.24, 2.45) is 5.92 Å². The minimum absolute atomic E-state index is 0.0518. The summed E-state index contributed by atoms with van der Waals surface area (Å²) < 4.78 is 13.4. The van der Waals surface area contributed by atoms with Crippen molar-refractivity contribution >= 4 is 11.7 Å². The van der Waals surface area contributed by atoms with Crippen molar-refractivity contribution in [1.29, 1.82) is 5.26 Å². The lowest BCUT2D eigenvalue weighted by Crippen LogP contribution is -2.29. The van der Waals surface area contributed by atoms with Gasteiger partial charge in [0.05, 0.1) is 12.1 Å². The summed E-state index contributed by atoms with van der Waals surface area (Å²) in [6.07, 6.45) is -0.0843. The Balaban J connectivity index is 2.98. The Morgan fingerprint density at radius 3 is 2.72 bits per heavy atom. The molecule has 0 aromatic heterocycles. The zero-order valence-corrected chi connectivity index (χ0v) is 10.3. The molecule has 1 atom stereocenters. The summed E-state index contributed by atoms with van der Waals surface area (Å²) in [5.74, 6) is -1.49. The second-order valence-corrected chi connectivity index (χ2v) is 4.37. The van der Waals surface area contributed by atoms with E-state index in [-0.39, 0.29) is 23.9 Å². The van der Waals surface area contributed by atoms with Crippen LogP contribution in [0.25, 0.3) is 0 Å². The van der Waals surface area contributed by atoms with E-state index in [1.54, 1.807) is 12.1 Å². The van der Waals surface area contributed by atoms with Gasteiger partial charge in [0.15, 0.2) is 0 Å². The molecule has 0 bridgehead atoms. The van der Waals surface area contributed by atoms with Crippen LogP contribution in [0.5, 0.6) is 0 Å². The van der Waals surface area contributed by atoms with Gasteiger partial charge in [0.1, 0.15) is 17.4 Å². The zero-order valence-electron chi connectivity index (χ0n) is 10.3. The van der Waals surface area contributed by atoms with E-state index in [0.29, 0.717) is 5.69 Å². The first-order chi connectivity index (χ1) is 8.45. The van der Waals surface area contributed by atoms with Gasteiger partial charge in [-0.15, -0.1) is 0 Å². The number of carboxylic acid groups (broad SMARTS) is 1. The average molecular weight is 250 g/mol. The van der Waals surface area contributed by atoms with Crippen LogP contribution in [0.1, 0.15) is 25.8 Å². The Morgan fingerprint density at radius 1 is 1.56 bits per heavy atom. The second-order valence-electron chi connectivity index (χ2n) is 4.37. The summed E-state index contributed by atoms with van der Waals surface area (Å²) in [7, 11) is 0. The molecule has 0 amide bonds. The Labute approximate surface area is 105 Å². The highest BCUT2D eigenvalue weighted by Crippen LogP contribution is 2.21. The molecule has 0 saturated heterocycles. The Morgan fingerprint density at radius 2 is 2.22 bits per heavy atom. The number of benzene rings is 1. The Hall–Kier alpha value is -2.09. The summed E-state index contributed by atoms with van der Waals surface area (Å²) in [4.78, 5) is 10.7. The SMILES string of the molecule is CC(C)C(CC(=O)O)Nc1cccc(F)c1C#N. The molecular weight excluding hydrogens is 235 g/mol. The zero-order chi connectivity index (χ0) is 13.7. The molecule has 18 heavy (non-hydrogen) atoms. The van der Waals surface area contributed by atoms with E-state index in [2.05, 4.69) is 5.32 Å². The third-order valence-corrected chi connectivity index (χ3v) is 2.67. The van der Waals surface area contributed by atoms with Gasteiger partial charge < -0.3 is 10.4 Å². The van der Waals surface area contributed by atoms with Crippen LogP contribution in [0.3, 0.4) is 0 Å². The molecule has 0 radical (unpaired) electrons. The van der Waals surface area contributed by atoms with E-state index in [0.717, 1.165) is 0 Å². The second kappa shape index (κ2) is 6.01. The third kappa shape index (κ3) is 3.45. The van der Waals surface area contributed by atoms with Crippen LogP contribution in [0, 0.1) is 23.1 Å². The van der Waals surface area contributed by atoms with Crippen molar-refractivity contribution in [2.75, 3.05) is 5.32 Å². The molecule has 1 rings (SSSR count). The average Bonchev–Trinajstić information content (AvgIpc) is 2.27. The number of carbonyl (C=O) groups is 1. The third-order valence-electron chi connectivity index (χ3n) is 2.67. The fraction of sp³-hybridized carbons (Fsp3) is 0.385. The van der Waals surface area contributed by atoms with Gasteiger partial charge in [0.25, 0.3) is 0 Å². The lowest BCUT2D eigenvalue weighted by atomic mass is 10.00. The van der Waals surface area contributed by atoms with Crippen molar-refractivity contribution in [3.8, 4) is 6.07 Å². The molecular formula is C13H15FN2O2. The van der Waals surface area contributed by atoms with Gasteiger partial charge in [-0.2, -0.15) is 5.26 Å². The lowest BCUT2D eigenvalue weighted by Gasteiger charge is -2.22. The number of anilines is 1. The molecule has 0 aliphatic rings. The van der Waals surface area contributed by atoms with Gasteiger partial charge in [0.2, 0.25) is 0 Å². The molecule has 0 spiro atoms. The predicted molar refractivity (Wildman–Crippen MR) is 65.6 cm³/mol. The number of nitriles is 1. The summed E-state index contributed by atoms with van der Waals surface area (Å²) in [5, 5.41) is 20.6. The number of rotatable bonds is 5. The highest BCUT2D eigenvalue weighted by Gasteiger charge is 2.19. The molecule has 0 aliphatic carbocycles. The minimum Gasteiger partial charge on any atom is -0.481 e. The standard InChI is InChI=1S/C13H15FN2O2/c1-8(2)12(6-13(17)18)16-11-5-3-4-10(14)9(11)7-15/h3-5,8,12,16H,6H2,1-2H3,(H,17,18). The van der Waals surface area contributed by atoms with Crippen molar-refractivity contribution in [1.82, 2.24) is 0 Å². The molecule has 2 N–H and O–H groups in total. The molecule has 4 nitrogen and oxygen atoms in total. The maximum Gasteiger partial charge on any atom is 0.305 e. The summed E-state index contributed by atoms with van der Waals surface area (Å²) in [6, 6.07) is 5.68. The van der Waals surface area contributed by atoms with E-state index >= 15 is 0 Å². The number of hydrogen-bond donors (Lipinski definition) is 2. The summed E-state index contributed by atoms with van der Waals surface area (Å²) in [6.45, 7) is 3.73. The fourth-order valence-corrected chi connectivity index (χ4v) is 1.60. The van der Waals surface area contributed by atoms with Crippen LogP contribution >= 0.6 is 0 Å². The number of halogens is 1. The van der Waals surface area contributed by atoms with Crippen molar-refractivity contribution in [2.45, 2.75) is 26.3 Å². The molecule has 1 aromatic rings. The van der Waals surface area contributed by atoms with Crippen LogP contribution in [0.15, 0.2) is 18.2 Å². The van der Waals surface area contributed by atoms with Crippen LogP contribution in [-0.4, -0.2) is 17.1 Å². The number of aliphatic carboxylic acids is 1. The van der Waals surface area contributed by atoms with E-state index in [1.807, 2.05) is 13.8 Å². The maximum atomic E-state index is 13.4. The lowest BCUT2D eigenvalue weighted by molar-refractivity contribution is -0.137. The van der Waals surface area contributed by atoms with Crippen LogP contribution in [0.2, 0.25) is 0 Å². The Bertz CT molecular complexity index is 480. The molecule has 0 aliphatic heterocycles. The number of carboxylic acids is 1. The quantitative estimate of drug-likeness (QED) is 0.842. The van der Waals surface area contributed by atoms with Crippen LogP contribution < -0.4 is 5.32 Å². The van der Waals surface area contributed by atoms with E-state index in [4.69, 9.17) is 10.4 Å². The van der Waals surface area contributed by atoms with E-state index in [9.17, 15) is 9.18 Å². The fourth-order valence-electron chi connectivity index (χ4n) is 1.60. The summed E-state index contributed by atoms with van der Waals surface area (Å²) >= 11 is 0. The van der Waals surface area contributed by atoms with Gasteiger partial charge in [-0.3, -0.25) is 4.79 Å². The molecule has 0 saturated carbocycles. The number of hydrogen-bond acceptors (Lipinski definition) is 3. The maximum absolute atomic E-state index is 13.4. The van der Waals surface area contributed by atoms with Gasteiger partial charge in [-0.05, 0) is 18.1 Å². The first-order valence-corrected chi connectivity index (χ1v) is 5.62. The first kappa shape index (κ1) is 14.0. The number of nitrogens with one attached hydrogen (secondary N) is 1. The highest BCUT2D eigenvalue weighted by atomic mass is 19.1. The minimum atomic E-state index is -0.934. The van der Waals surface area contributed by atoms with Crippen LogP contribution in [0.4, 0.5) is 10.1 Å². The van der Waals surface area contributed by atoms with Crippen molar-refractivity contribution in [3.63, 3.8) is 0 Å². The first-order valence-electron chi connectivity index (χ1n) is 5.62. The summed E-state index contributed by atoms with van der Waals surface area (Å²) in [5.41, 5.74) is 0.242. The molecule has 0 heterocycles. The van der Waals surface area contributed by atoms with E-state index < -0.39 is 11.8 Å². The predicted octanol–water partition coefficient (Wildman–Crippen LogP) is 2.61. The monoisotopic (exact) mass is 250 g/mol. The van der Waals surface area contributed by atoms with Gasteiger partial charge in [-0.25, -0.2) is 4.39 Å². The Kier molecular flexibility index (Phi) is 4.67. The van der Waals surface area contributed by atoms with Crippen LogP contribution in [-0.2, 0) is 4.79 Å². The topological polar surface area (TPSA) is 73.1 Å². The van der Waals surface area contributed by atoms with Crippen molar-refractivity contribution in [3.05, 3.63) is 29.6 Å². The van der Waals surface area contributed by atoms with Gasteiger partial charge in [-0.1, -0.05) is 19.9 Å². The molecule has 1 aromatic carbocycles. The number of nitrogens with zero attached hydrogens (tertiary/aromatic N) is 1. The molecule has 1 unspecified atom stereocenters. The van der Waals surface area contributed by atoms with Gasteiger partial charge >= 0.3 is 5.97 Å². The van der Waals surface area contributed by atoms with E-state index in [1.165, 1.54) is 12.1 Å². The van der Waals surface area contributed by atoms with Crippen molar-refractivity contribution < 1.29 is 14.3 Å². The molecule has 5 heteroatoms. The highest BCUT2D eigenvalue weighted by molar-refractivity contribution is 5.69. The normalized spacial score (nSPS) is 11.9. The largest absolute Gasteiger partial charge is 0.481 e.